The van der Waals surface area contributed by atoms with Gasteiger partial charge in [0, 0.05) is 24.4 Å². The second kappa shape index (κ2) is 8.42. The lowest BCUT2D eigenvalue weighted by Gasteiger charge is -2.22. The lowest BCUT2D eigenvalue weighted by Crippen LogP contribution is -2.31. The third-order valence-electron chi connectivity index (χ3n) is 3.75. The van der Waals surface area contributed by atoms with E-state index in [9.17, 15) is 5.11 Å². The molecule has 3 nitrogen and oxygen atoms in total. The molecule has 0 aliphatic heterocycles. The monoisotopic (exact) mass is 338 g/mol. The Hall–Kier alpha value is -0.870. The van der Waals surface area contributed by atoms with Crippen molar-refractivity contribution in [2.45, 2.75) is 44.6 Å². The average molecular weight is 339 g/mol. The molecule has 1 aromatic rings. The van der Waals surface area contributed by atoms with Crippen LogP contribution in [0.25, 0.3) is 0 Å². The van der Waals surface area contributed by atoms with Gasteiger partial charge in [0.25, 0.3) is 0 Å². The van der Waals surface area contributed by atoms with Crippen molar-refractivity contribution < 1.29 is 5.11 Å². The molecule has 20 heavy (non-hydrogen) atoms. The second-order valence-corrected chi connectivity index (χ2v) is 6.21. The molecule has 0 amide bonds. The summed E-state index contributed by atoms with van der Waals surface area (Å²) < 4.78 is 0.709. The number of hydrogen-bond donors (Lipinski definition) is 2. The van der Waals surface area contributed by atoms with Crippen LogP contribution >= 0.6 is 15.9 Å². The standard InChI is InChI=1S/C16H23BrN2O/c17-15-9-4-6-13(16(15)20)12-18-10-5-11-19-14-7-2-1-3-8-14/h4,6,9,12,14,19-20H,1-3,5,7-8,10-11H2. The Morgan fingerprint density at radius 1 is 1.30 bits per heavy atom. The fourth-order valence-corrected chi connectivity index (χ4v) is 2.96. The van der Waals surface area contributed by atoms with E-state index in [4.69, 9.17) is 0 Å². The molecule has 0 atom stereocenters. The van der Waals surface area contributed by atoms with Crippen molar-refractivity contribution in [1.82, 2.24) is 5.32 Å². The summed E-state index contributed by atoms with van der Waals surface area (Å²) in [5.74, 6) is 0.261. The first-order chi connectivity index (χ1) is 9.77. The maximum atomic E-state index is 9.82. The summed E-state index contributed by atoms with van der Waals surface area (Å²) in [6.45, 7) is 1.83. The summed E-state index contributed by atoms with van der Waals surface area (Å²) in [6, 6.07) is 6.31. The molecule has 0 saturated heterocycles. The van der Waals surface area contributed by atoms with Crippen molar-refractivity contribution in [2.75, 3.05) is 13.1 Å². The molecule has 110 valence electrons. The Kier molecular flexibility index (Phi) is 6.54. The zero-order chi connectivity index (χ0) is 14.2. The number of para-hydroxylation sites is 1. The summed E-state index contributed by atoms with van der Waals surface area (Å²) in [5, 5.41) is 13.4. The molecule has 0 radical (unpaired) electrons. The Balaban J connectivity index is 1.65. The highest BCUT2D eigenvalue weighted by Crippen LogP contribution is 2.26. The number of phenolic OH excluding ortho intramolecular Hbond substituents is 1. The number of phenols is 1. The smallest absolute Gasteiger partial charge is 0.138 e. The van der Waals surface area contributed by atoms with Crippen LogP contribution in [-0.2, 0) is 0 Å². The number of hydrogen-bond acceptors (Lipinski definition) is 3. The molecule has 0 unspecified atom stereocenters. The molecule has 0 heterocycles. The van der Waals surface area contributed by atoms with Crippen LogP contribution in [0.4, 0.5) is 0 Å². The lowest BCUT2D eigenvalue weighted by atomic mass is 9.95. The number of aromatic hydroxyl groups is 1. The van der Waals surface area contributed by atoms with Crippen LogP contribution < -0.4 is 5.32 Å². The Morgan fingerprint density at radius 3 is 2.90 bits per heavy atom. The number of nitrogens with zero attached hydrogens (tertiary/aromatic N) is 1. The topological polar surface area (TPSA) is 44.6 Å². The van der Waals surface area contributed by atoms with Crippen molar-refractivity contribution in [3.8, 4) is 5.75 Å². The van der Waals surface area contributed by atoms with Crippen LogP contribution in [0.2, 0.25) is 0 Å². The van der Waals surface area contributed by atoms with Crippen molar-refractivity contribution >= 4 is 22.1 Å². The SMILES string of the molecule is Oc1c(Br)cccc1C=NCCCNC1CCCCC1. The first-order valence-electron chi connectivity index (χ1n) is 7.48. The Morgan fingerprint density at radius 2 is 2.10 bits per heavy atom. The zero-order valence-corrected chi connectivity index (χ0v) is 13.4. The molecule has 1 aliphatic carbocycles. The third-order valence-corrected chi connectivity index (χ3v) is 4.39. The van der Waals surface area contributed by atoms with E-state index in [0.29, 0.717) is 4.47 Å². The Labute approximate surface area is 129 Å². The predicted octanol–water partition coefficient (Wildman–Crippen LogP) is 3.89. The van der Waals surface area contributed by atoms with Gasteiger partial charge in [-0.15, -0.1) is 0 Å². The largest absolute Gasteiger partial charge is 0.506 e. The molecule has 1 aliphatic rings. The van der Waals surface area contributed by atoms with Gasteiger partial charge in [-0.3, -0.25) is 4.99 Å². The quantitative estimate of drug-likeness (QED) is 0.610. The van der Waals surface area contributed by atoms with Gasteiger partial charge in [-0.05, 0) is 53.9 Å². The van der Waals surface area contributed by atoms with Crippen molar-refractivity contribution in [3.05, 3.63) is 28.2 Å². The minimum atomic E-state index is 0.261. The Bertz CT molecular complexity index is 442. The average Bonchev–Trinajstić information content (AvgIpc) is 2.48. The molecular formula is C16H23BrN2O. The molecule has 1 aromatic carbocycles. The highest BCUT2D eigenvalue weighted by molar-refractivity contribution is 9.10. The maximum Gasteiger partial charge on any atom is 0.138 e. The summed E-state index contributed by atoms with van der Waals surface area (Å²) >= 11 is 3.30. The summed E-state index contributed by atoms with van der Waals surface area (Å²) in [5.41, 5.74) is 0.764. The van der Waals surface area contributed by atoms with Crippen molar-refractivity contribution in [2.24, 2.45) is 4.99 Å². The van der Waals surface area contributed by atoms with E-state index in [1.165, 1.54) is 32.1 Å². The summed E-state index contributed by atoms with van der Waals surface area (Å²) in [4.78, 5) is 4.38. The van der Waals surface area contributed by atoms with E-state index < -0.39 is 0 Å². The van der Waals surface area contributed by atoms with Gasteiger partial charge >= 0.3 is 0 Å². The summed E-state index contributed by atoms with van der Waals surface area (Å²) in [7, 11) is 0. The van der Waals surface area contributed by atoms with E-state index in [0.717, 1.165) is 31.1 Å². The molecule has 0 bridgehead atoms. The molecule has 2 rings (SSSR count). The summed E-state index contributed by atoms with van der Waals surface area (Å²) in [6.07, 6.45) is 9.60. The van der Waals surface area contributed by atoms with Crippen LogP contribution in [0.5, 0.6) is 5.75 Å². The molecule has 4 heteroatoms. The van der Waals surface area contributed by atoms with Crippen LogP contribution in [-0.4, -0.2) is 30.5 Å². The van der Waals surface area contributed by atoms with E-state index in [1.54, 1.807) is 6.21 Å². The third kappa shape index (κ3) is 4.91. The predicted molar refractivity (Wildman–Crippen MR) is 87.8 cm³/mol. The van der Waals surface area contributed by atoms with E-state index >= 15 is 0 Å². The van der Waals surface area contributed by atoms with Crippen LogP contribution in [0.3, 0.4) is 0 Å². The molecule has 1 saturated carbocycles. The lowest BCUT2D eigenvalue weighted by molar-refractivity contribution is 0.373. The van der Waals surface area contributed by atoms with Crippen LogP contribution in [0, 0.1) is 0 Å². The molecular weight excluding hydrogens is 316 g/mol. The number of benzene rings is 1. The van der Waals surface area contributed by atoms with Gasteiger partial charge in [-0.25, -0.2) is 0 Å². The molecule has 1 fully saturated rings. The molecule has 2 N–H and O–H groups in total. The molecule has 0 aromatic heterocycles. The highest BCUT2D eigenvalue weighted by atomic mass is 79.9. The first-order valence-corrected chi connectivity index (χ1v) is 8.27. The van der Waals surface area contributed by atoms with Crippen molar-refractivity contribution in [3.63, 3.8) is 0 Å². The first kappa shape index (κ1) is 15.5. The fourth-order valence-electron chi connectivity index (χ4n) is 2.58. The van der Waals surface area contributed by atoms with Gasteiger partial charge in [0.05, 0.1) is 4.47 Å². The van der Waals surface area contributed by atoms with Gasteiger partial charge in [0.2, 0.25) is 0 Å². The van der Waals surface area contributed by atoms with Gasteiger partial charge in [-0.1, -0.05) is 25.3 Å². The number of rotatable bonds is 6. The van der Waals surface area contributed by atoms with Gasteiger partial charge in [-0.2, -0.15) is 0 Å². The minimum absolute atomic E-state index is 0.261. The number of halogens is 1. The number of aliphatic imine (C=N–C) groups is 1. The zero-order valence-electron chi connectivity index (χ0n) is 11.8. The maximum absolute atomic E-state index is 9.82. The van der Waals surface area contributed by atoms with E-state index in [-0.39, 0.29) is 5.75 Å². The van der Waals surface area contributed by atoms with Gasteiger partial charge in [0.1, 0.15) is 5.75 Å². The minimum Gasteiger partial charge on any atom is -0.506 e. The van der Waals surface area contributed by atoms with E-state index in [1.807, 2.05) is 18.2 Å². The molecule has 0 spiro atoms. The van der Waals surface area contributed by atoms with Gasteiger partial charge in [0.15, 0.2) is 0 Å². The second-order valence-electron chi connectivity index (χ2n) is 5.36. The fraction of sp³-hybridized carbons (Fsp3) is 0.562. The highest BCUT2D eigenvalue weighted by Gasteiger charge is 2.11. The van der Waals surface area contributed by atoms with Gasteiger partial charge < -0.3 is 10.4 Å². The van der Waals surface area contributed by atoms with Crippen LogP contribution in [0.15, 0.2) is 27.7 Å². The normalized spacial score (nSPS) is 16.9. The van der Waals surface area contributed by atoms with Crippen LogP contribution in [0.1, 0.15) is 44.1 Å². The van der Waals surface area contributed by atoms with Crippen molar-refractivity contribution in [1.29, 1.82) is 0 Å². The number of nitrogens with one attached hydrogen (secondary N) is 1. The van der Waals surface area contributed by atoms with E-state index in [2.05, 4.69) is 26.2 Å².